The minimum absolute atomic E-state index is 0. The lowest BCUT2D eigenvalue weighted by Gasteiger charge is -2.18. The Morgan fingerprint density at radius 3 is 2.85 bits per heavy atom. The number of nitrogens with zero attached hydrogens (tertiary/aromatic N) is 3. The van der Waals surface area contributed by atoms with Crippen molar-refractivity contribution >= 4 is 47.2 Å². The van der Waals surface area contributed by atoms with E-state index in [-0.39, 0.29) is 36.0 Å². The molecule has 0 saturated carbocycles. The smallest absolute Gasteiger partial charge is 0.350 e. The van der Waals surface area contributed by atoms with Gasteiger partial charge in [0, 0.05) is 20.1 Å². The number of hydrogen-bond donors (Lipinski definition) is 2. The molecule has 2 heterocycles. The summed E-state index contributed by atoms with van der Waals surface area (Å²) in [7, 11) is 3.92. The summed E-state index contributed by atoms with van der Waals surface area (Å²) in [6.45, 7) is 9.20. The van der Waals surface area contributed by atoms with Crippen LogP contribution in [0.1, 0.15) is 46.7 Å². The van der Waals surface area contributed by atoms with Gasteiger partial charge in [0.15, 0.2) is 5.96 Å². The molecule has 0 bridgehead atoms. The summed E-state index contributed by atoms with van der Waals surface area (Å²) in [5, 5.41) is 7.60. The number of nitrogens with one attached hydrogen (secondary N) is 2. The Kier molecular flexibility index (Phi) is 9.80. The summed E-state index contributed by atoms with van der Waals surface area (Å²) in [4.78, 5) is 23.7. The normalized spacial score (nSPS) is 19.0. The van der Waals surface area contributed by atoms with Gasteiger partial charge in [-0.3, -0.25) is 4.99 Å². The Hall–Kier alpha value is -0.940. The van der Waals surface area contributed by atoms with Crippen LogP contribution in [0.3, 0.4) is 0 Å². The Labute approximate surface area is 177 Å². The fraction of sp³-hybridized carbons (Fsp3) is 0.706. The van der Waals surface area contributed by atoms with E-state index in [0.29, 0.717) is 23.1 Å². The first-order chi connectivity index (χ1) is 11.9. The molecule has 2 N–H and O–H groups in total. The standard InChI is InChI=1S/C17H29N5O2S.HI/c1-6-24-16(23)14-11(2)20-15(25-14)12(3)21-17(18-4)19-9-13-7-8-22(5)10-13;/h12-13H,6-10H2,1-5H3,(H2,18,19,21);1H. The number of ether oxygens (including phenoxy) is 1. The van der Waals surface area contributed by atoms with Crippen LogP contribution in [0, 0.1) is 12.8 Å². The zero-order valence-electron chi connectivity index (χ0n) is 16.2. The summed E-state index contributed by atoms with van der Waals surface area (Å²) in [6, 6.07) is -0.0377. The number of aliphatic imine (C=N–C) groups is 1. The van der Waals surface area contributed by atoms with E-state index in [9.17, 15) is 4.79 Å². The van der Waals surface area contributed by atoms with E-state index in [1.165, 1.54) is 17.8 Å². The monoisotopic (exact) mass is 495 g/mol. The van der Waals surface area contributed by atoms with Gasteiger partial charge in [-0.25, -0.2) is 9.78 Å². The molecule has 148 valence electrons. The number of hydrogen-bond acceptors (Lipinski definition) is 6. The maximum atomic E-state index is 11.9. The van der Waals surface area contributed by atoms with Crippen LogP contribution < -0.4 is 10.6 Å². The number of esters is 1. The van der Waals surface area contributed by atoms with Gasteiger partial charge in [-0.2, -0.15) is 0 Å². The van der Waals surface area contributed by atoms with Gasteiger partial charge in [-0.05, 0) is 46.7 Å². The predicted molar refractivity (Wildman–Crippen MR) is 117 cm³/mol. The number of aryl methyl sites for hydroxylation is 1. The molecule has 2 unspecified atom stereocenters. The van der Waals surface area contributed by atoms with Gasteiger partial charge in [0.2, 0.25) is 0 Å². The van der Waals surface area contributed by atoms with E-state index >= 15 is 0 Å². The number of thiazole rings is 1. The van der Waals surface area contributed by atoms with Crippen LogP contribution in [0.5, 0.6) is 0 Å². The minimum atomic E-state index is -0.302. The molecule has 1 aromatic rings. The molecule has 0 amide bonds. The van der Waals surface area contributed by atoms with Crippen molar-refractivity contribution in [3.63, 3.8) is 0 Å². The van der Waals surface area contributed by atoms with E-state index in [1.807, 2.05) is 13.8 Å². The van der Waals surface area contributed by atoms with Crippen molar-refractivity contribution < 1.29 is 9.53 Å². The number of halogens is 1. The molecule has 1 saturated heterocycles. The molecule has 26 heavy (non-hydrogen) atoms. The molecule has 2 atom stereocenters. The van der Waals surface area contributed by atoms with Crippen LogP contribution in [0.25, 0.3) is 0 Å². The lowest BCUT2D eigenvalue weighted by Crippen LogP contribution is -2.41. The van der Waals surface area contributed by atoms with Crippen LogP contribution >= 0.6 is 35.3 Å². The zero-order valence-corrected chi connectivity index (χ0v) is 19.3. The van der Waals surface area contributed by atoms with Crippen molar-refractivity contribution in [1.82, 2.24) is 20.5 Å². The molecular formula is C17H30IN5O2S. The van der Waals surface area contributed by atoms with Crippen molar-refractivity contribution in [1.29, 1.82) is 0 Å². The summed E-state index contributed by atoms with van der Waals surface area (Å²) in [5.74, 6) is 1.10. The first-order valence-corrected chi connectivity index (χ1v) is 9.56. The second kappa shape index (κ2) is 11.0. The molecule has 9 heteroatoms. The Bertz CT molecular complexity index is 622. The van der Waals surface area contributed by atoms with Crippen molar-refractivity contribution in [2.45, 2.75) is 33.2 Å². The molecule has 7 nitrogen and oxygen atoms in total. The van der Waals surface area contributed by atoms with E-state index in [2.05, 4.69) is 32.6 Å². The largest absolute Gasteiger partial charge is 0.462 e. The fourth-order valence-corrected chi connectivity index (χ4v) is 3.85. The average Bonchev–Trinajstić information content (AvgIpc) is 3.17. The second-order valence-electron chi connectivity index (χ2n) is 6.42. The highest BCUT2D eigenvalue weighted by atomic mass is 127. The summed E-state index contributed by atoms with van der Waals surface area (Å²) in [6.07, 6.45) is 1.21. The van der Waals surface area contributed by atoms with Gasteiger partial charge in [0.25, 0.3) is 0 Å². The number of likely N-dealkylation sites (tertiary alicyclic amines) is 1. The van der Waals surface area contributed by atoms with Gasteiger partial charge >= 0.3 is 5.97 Å². The SMILES string of the molecule is CCOC(=O)c1sc(C(C)NC(=NC)NCC2CCN(C)C2)nc1C.I. The third kappa shape index (κ3) is 6.34. The highest BCUT2D eigenvalue weighted by Gasteiger charge is 2.22. The highest BCUT2D eigenvalue weighted by molar-refractivity contribution is 14.0. The summed E-state index contributed by atoms with van der Waals surface area (Å²) >= 11 is 1.37. The Balaban J connectivity index is 0.00000338. The Morgan fingerprint density at radius 2 is 2.27 bits per heavy atom. The Morgan fingerprint density at radius 1 is 1.54 bits per heavy atom. The fourth-order valence-electron chi connectivity index (χ4n) is 2.88. The van der Waals surface area contributed by atoms with E-state index in [0.717, 1.165) is 30.6 Å². The molecule has 1 aromatic heterocycles. The summed E-state index contributed by atoms with van der Waals surface area (Å²) in [5.41, 5.74) is 0.712. The average molecular weight is 495 g/mol. The topological polar surface area (TPSA) is 78.8 Å². The minimum Gasteiger partial charge on any atom is -0.462 e. The predicted octanol–water partition coefficient (Wildman–Crippen LogP) is 2.42. The first-order valence-electron chi connectivity index (χ1n) is 8.74. The van der Waals surface area contributed by atoms with Crippen molar-refractivity contribution in [2.24, 2.45) is 10.9 Å². The van der Waals surface area contributed by atoms with Crippen LogP contribution in [0.4, 0.5) is 0 Å². The molecule has 1 aliphatic heterocycles. The zero-order chi connectivity index (χ0) is 18.4. The lowest BCUT2D eigenvalue weighted by molar-refractivity contribution is 0.0531. The first kappa shape index (κ1) is 23.1. The number of rotatable bonds is 6. The lowest BCUT2D eigenvalue weighted by atomic mass is 10.1. The molecule has 0 aromatic carbocycles. The van der Waals surface area contributed by atoms with Gasteiger partial charge in [0.05, 0.1) is 18.3 Å². The number of carbonyl (C=O) groups is 1. The molecule has 1 aliphatic rings. The summed E-state index contributed by atoms with van der Waals surface area (Å²) < 4.78 is 5.08. The molecule has 2 rings (SSSR count). The van der Waals surface area contributed by atoms with Crippen LogP contribution in [0.15, 0.2) is 4.99 Å². The third-order valence-corrected chi connectivity index (χ3v) is 5.59. The van der Waals surface area contributed by atoms with Crippen molar-refractivity contribution in [2.75, 3.05) is 40.3 Å². The van der Waals surface area contributed by atoms with Crippen molar-refractivity contribution in [3.05, 3.63) is 15.6 Å². The third-order valence-electron chi connectivity index (χ3n) is 4.27. The van der Waals surface area contributed by atoms with Gasteiger partial charge in [0.1, 0.15) is 9.88 Å². The van der Waals surface area contributed by atoms with Crippen molar-refractivity contribution in [3.8, 4) is 0 Å². The van der Waals surface area contributed by atoms with Gasteiger partial charge < -0.3 is 20.3 Å². The highest BCUT2D eigenvalue weighted by Crippen LogP contribution is 2.24. The number of carbonyl (C=O) groups excluding carboxylic acids is 1. The van der Waals surface area contributed by atoms with Crippen LogP contribution in [-0.4, -0.2) is 62.1 Å². The maximum absolute atomic E-state index is 11.9. The molecule has 0 aliphatic carbocycles. The number of aromatic nitrogens is 1. The molecule has 0 radical (unpaired) electrons. The van der Waals surface area contributed by atoms with Crippen LogP contribution in [-0.2, 0) is 4.74 Å². The molecular weight excluding hydrogens is 465 g/mol. The second-order valence-corrected chi connectivity index (χ2v) is 7.45. The van der Waals surface area contributed by atoms with Gasteiger partial charge in [-0.15, -0.1) is 35.3 Å². The van der Waals surface area contributed by atoms with E-state index in [1.54, 1.807) is 14.0 Å². The molecule has 0 spiro atoms. The van der Waals surface area contributed by atoms with Crippen LogP contribution in [0.2, 0.25) is 0 Å². The number of guanidine groups is 1. The maximum Gasteiger partial charge on any atom is 0.350 e. The van der Waals surface area contributed by atoms with Gasteiger partial charge in [-0.1, -0.05) is 0 Å². The molecule has 1 fully saturated rings. The quantitative estimate of drug-likeness (QED) is 0.273. The van der Waals surface area contributed by atoms with E-state index in [4.69, 9.17) is 4.74 Å². The van der Waals surface area contributed by atoms with E-state index < -0.39 is 0 Å².